The fraction of sp³-hybridized carbons (Fsp3) is 0.455. The largest absolute Gasteiger partial charge is 0.307 e. The minimum atomic E-state index is 0.0370. The van der Waals surface area contributed by atoms with E-state index in [1.807, 2.05) is 20.9 Å². The molecule has 90 valence electrons. The molecule has 2 aromatic rings. The Labute approximate surface area is 104 Å². The van der Waals surface area contributed by atoms with Crippen LogP contribution < -0.4 is 0 Å². The lowest BCUT2D eigenvalue weighted by molar-refractivity contribution is 0.0968. The maximum atomic E-state index is 11.8. The predicted molar refractivity (Wildman–Crippen MR) is 66.1 cm³/mol. The van der Waals surface area contributed by atoms with E-state index in [1.54, 1.807) is 22.1 Å². The summed E-state index contributed by atoms with van der Waals surface area (Å²) in [6.45, 7) is 3.91. The highest BCUT2D eigenvalue weighted by Crippen LogP contribution is 2.24. The van der Waals surface area contributed by atoms with Gasteiger partial charge in [0.15, 0.2) is 17.4 Å². The zero-order chi connectivity index (χ0) is 12.4. The van der Waals surface area contributed by atoms with Gasteiger partial charge in [-0.3, -0.25) is 4.79 Å². The summed E-state index contributed by atoms with van der Waals surface area (Å²) in [6.07, 6.45) is 3.09. The van der Waals surface area contributed by atoms with Crippen LogP contribution in [-0.4, -0.2) is 25.5 Å². The zero-order valence-corrected chi connectivity index (χ0v) is 10.9. The SMILES string of the molecule is CCCC(=O)c1nnc(-c2cnc(C)s2)n1C. The van der Waals surface area contributed by atoms with Crippen LogP contribution in [0.5, 0.6) is 0 Å². The first kappa shape index (κ1) is 11.9. The van der Waals surface area contributed by atoms with Crippen LogP contribution in [0, 0.1) is 6.92 Å². The summed E-state index contributed by atoms with van der Waals surface area (Å²) in [5, 5.41) is 9.00. The Morgan fingerprint density at radius 3 is 2.82 bits per heavy atom. The van der Waals surface area contributed by atoms with E-state index in [2.05, 4.69) is 15.2 Å². The Bertz CT molecular complexity index is 543. The number of thiazole rings is 1. The van der Waals surface area contributed by atoms with Crippen molar-refractivity contribution in [1.82, 2.24) is 19.7 Å². The molecule has 0 aliphatic heterocycles. The Balaban J connectivity index is 2.36. The van der Waals surface area contributed by atoms with Gasteiger partial charge < -0.3 is 4.57 Å². The van der Waals surface area contributed by atoms with Gasteiger partial charge in [-0.2, -0.15) is 0 Å². The van der Waals surface area contributed by atoms with Gasteiger partial charge in [0.2, 0.25) is 0 Å². The summed E-state index contributed by atoms with van der Waals surface area (Å²) in [6, 6.07) is 0. The van der Waals surface area contributed by atoms with Crippen LogP contribution in [0.15, 0.2) is 6.20 Å². The van der Waals surface area contributed by atoms with E-state index in [4.69, 9.17) is 0 Å². The van der Waals surface area contributed by atoms with Gasteiger partial charge >= 0.3 is 0 Å². The van der Waals surface area contributed by atoms with Crippen molar-refractivity contribution in [3.63, 3.8) is 0 Å². The van der Waals surface area contributed by atoms with Crippen LogP contribution in [0.1, 0.15) is 35.4 Å². The molecule has 0 saturated heterocycles. The summed E-state index contributed by atoms with van der Waals surface area (Å²) in [5.41, 5.74) is 0. The van der Waals surface area contributed by atoms with E-state index < -0.39 is 0 Å². The standard InChI is InChI=1S/C11H14N4OS/c1-4-5-8(16)10-13-14-11(15(10)3)9-6-12-7(2)17-9/h6H,4-5H2,1-3H3. The first-order valence-corrected chi connectivity index (χ1v) is 6.30. The Hall–Kier alpha value is -1.56. The molecule has 2 aromatic heterocycles. The van der Waals surface area contributed by atoms with Gasteiger partial charge in [0.25, 0.3) is 0 Å². The van der Waals surface area contributed by atoms with Gasteiger partial charge in [-0.1, -0.05) is 6.92 Å². The Kier molecular flexibility index (Phi) is 3.33. The number of nitrogens with zero attached hydrogens (tertiary/aromatic N) is 4. The summed E-state index contributed by atoms with van der Waals surface area (Å²) >= 11 is 1.55. The number of ketones is 1. The summed E-state index contributed by atoms with van der Waals surface area (Å²) in [5.74, 6) is 1.16. The van der Waals surface area contributed by atoms with Crippen LogP contribution in [0.25, 0.3) is 10.7 Å². The predicted octanol–water partition coefficient (Wildman–Crippen LogP) is 2.23. The quantitative estimate of drug-likeness (QED) is 0.781. The molecule has 0 atom stereocenters. The fourth-order valence-corrected chi connectivity index (χ4v) is 2.39. The number of hydrogen-bond donors (Lipinski definition) is 0. The van der Waals surface area contributed by atoms with Crippen LogP contribution in [0.3, 0.4) is 0 Å². The molecule has 0 aliphatic rings. The third-order valence-corrected chi connectivity index (χ3v) is 3.35. The van der Waals surface area contributed by atoms with Crippen LogP contribution >= 0.6 is 11.3 Å². The Morgan fingerprint density at radius 1 is 1.47 bits per heavy atom. The number of Topliss-reactive ketones (excluding diaryl/α,β-unsaturated/α-hetero) is 1. The van der Waals surface area contributed by atoms with Crippen LogP contribution in [0.2, 0.25) is 0 Å². The number of carbonyl (C=O) groups is 1. The summed E-state index contributed by atoms with van der Waals surface area (Å²) in [4.78, 5) is 16.9. The van der Waals surface area contributed by atoms with Crippen LogP contribution in [-0.2, 0) is 7.05 Å². The van der Waals surface area contributed by atoms with E-state index in [1.165, 1.54) is 0 Å². The Morgan fingerprint density at radius 2 is 2.24 bits per heavy atom. The van der Waals surface area contributed by atoms with Gasteiger partial charge in [0.05, 0.1) is 9.88 Å². The number of hydrogen-bond acceptors (Lipinski definition) is 5. The average molecular weight is 250 g/mol. The second kappa shape index (κ2) is 4.75. The molecule has 0 unspecified atom stereocenters. The molecule has 0 radical (unpaired) electrons. The van der Waals surface area contributed by atoms with Crippen molar-refractivity contribution in [2.24, 2.45) is 7.05 Å². The van der Waals surface area contributed by atoms with Crippen molar-refractivity contribution in [2.75, 3.05) is 0 Å². The van der Waals surface area contributed by atoms with E-state index in [0.717, 1.165) is 16.3 Å². The van der Waals surface area contributed by atoms with Crippen LogP contribution in [0.4, 0.5) is 0 Å². The summed E-state index contributed by atoms with van der Waals surface area (Å²) in [7, 11) is 1.81. The molecule has 2 rings (SSSR count). The molecule has 17 heavy (non-hydrogen) atoms. The van der Waals surface area contributed by atoms with Crippen molar-refractivity contribution in [3.05, 3.63) is 17.0 Å². The third-order valence-electron chi connectivity index (χ3n) is 2.44. The van der Waals surface area contributed by atoms with E-state index in [9.17, 15) is 4.79 Å². The fourth-order valence-electron chi connectivity index (χ4n) is 1.59. The van der Waals surface area contributed by atoms with Gasteiger partial charge in [0.1, 0.15) is 0 Å². The molecule has 0 aromatic carbocycles. The topological polar surface area (TPSA) is 60.7 Å². The molecular weight excluding hydrogens is 236 g/mol. The van der Waals surface area contributed by atoms with Crippen molar-refractivity contribution >= 4 is 17.1 Å². The molecule has 5 nitrogen and oxygen atoms in total. The maximum absolute atomic E-state index is 11.8. The second-order valence-electron chi connectivity index (χ2n) is 3.82. The molecule has 0 saturated carbocycles. The molecule has 0 spiro atoms. The highest BCUT2D eigenvalue weighted by Gasteiger charge is 2.17. The highest BCUT2D eigenvalue weighted by atomic mass is 32.1. The lowest BCUT2D eigenvalue weighted by Crippen LogP contribution is -2.07. The lowest BCUT2D eigenvalue weighted by Gasteiger charge is -2.00. The number of aromatic nitrogens is 4. The molecule has 0 aliphatic carbocycles. The smallest absolute Gasteiger partial charge is 0.200 e. The third kappa shape index (κ3) is 2.26. The average Bonchev–Trinajstić information content (AvgIpc) is 2.85. The van der Waals surface area contributed by atoms with E-state index in [0.29, 0.717) is 18.1 Å². The molecule has 0 bridgehead atoms. The molecule has 0 fully saturated rings. The summed E-state index contributed by atoms with van der Waals surface area (Å²) < 4.78 is 1.74. The zero-order valence-electron chi connectivity index (χ0n) is 10.1. The number of rotatable bonds is 4. The molecule has 0 N–H and O–H groups in total. The number of aryl methyl sites for hydroxylation is 1. The van der Waals surface area contributed by atoms with Gasteiger partial charge in [-0.25, -0.2) is 4.98 Å². The van der Waals surface area contributed by atoms with Crippen molar-refractivity contribution in [1.29, 1.82) is 0 Å². The minimum Gasteiger partial charge on any atom is -0.307 e. The van der Waals surface area contributed by atoms with E-state index in [-0.39, 0.29) is 5.78 Å². The molecule has 6 heteroatoms. The molecule has 0 amide bonds. The molecule has 2 heterocycles. The first-order chi connectivity index (χ1) is 8.13. The van der Waals surface area contributed by atoms with Gasteiger partial charge in [-0.05, 0) is 13.3 Å². The maximum Gasteiger partial charge on any atom is 0.200 e. The monoisotopic (exact) mass is 250 g/mol. The normalized spacial score (nSPS) is 10.8. The van der Waals surface area contributed by atoms with Crippen molar-refractivity contribution < 1.29 is 4.79 Å². The highest BCUT2D eigenvalue weighted by molar-refractivity contribution is 7.14. The minimum absolute atomic E-state index is 0.0370. The first-order valence-electron chi connectivity index (χ1n) is 5.49. The van der Waals surface area contributed by atoms with E-state index >= 15 is 0 Å². The van der Waals surface area contributed by atoms with Crippen molar-refractivity contribution in [3.8, 4) is 10.7 Å². The number of carbonyl (C=O) groups excluding carboxylic acids is 1. The second-order valence-corrected chi connectivity index (χ2v) is 5.06. The van der Waals surface area contributed by atoms with Gasteiger partial charge in [0, 0.05) is 19.7 Å². The van der Waals surface area contributed by atoms with Crippen molar-refractivity contribution in [2.45, 2.75) is 26.7 Å². The molecular formula is C11H14N4OS. The van der Waals surface area contributed by atoms with Gasteiger partial charge in [-0.15, -0.1) is 21.5 Å². The lowest BCUT2D eigenvalue weighted by atomic mass is 10.2.